The maximum Gasteiger partial charge on any atom is 0.313 e. The fourth-order valence-electron chi connectivity index (χ4n) is 1.09. The number of carbonyl (C=O) groups is 1. The molecule has 17 heavy (non-hydrogen) atoms. The molecule has 0 atom stereocenters. The van der Waals surface area contributed by atoms with Crippen molar-refractivity contribution in [2.24, 2.45) is 0 Å². The number of benzene rings is 1. The summed E-state index contributed by atoms with van der Waals surface area (Å²) in [6, 6.07) is 9.61. The van der Waals surface area contributed by atoms with Crippen LogP contribution in [-0.2, 0) is 4.79 Å². The van der Waals surface area contributed by atoms with Crippen molar-refractivity contribution in [3.05, 3.63) is 30.3 Å². The van der Waals surface area contributed by atoms with Gasteiger partial charge in [-0.15, -0.1) is 10.2 Å². The van der Waals surface area contributed by atoms with Crippen LogP contribution in [0.5, 0.6) is 0 Å². The minimum Gasteiger partial charge on any atom is -0.481 e. The van der Waals surface area contributed by atoms with Gasteiger partial charge >= 0.3 is 5.97 Å². The summed E-state index contributed by atoms with van der Waals surface area (Å²) in [5.74, 6) is -0.859. The first-order valence-corrected chi connectivity index (χ1v) is 6.54. The predicted octanol–water partition coefficient (Wildman–Crippen LogP) is 2.46. The van der Waals surface area contributed by atoms with Crippen LogP contribution in [0.4, 0.5) is 10.8 Å². The van der Waals surface area contributed by atoms with Crippen molar-refractivity contribution >= 4 is 39.9 Å². The number of aromatic nitrogens is 2. The van der Waals surface area contributed by atoms with Gasteiger partial charge in [0.15, 0.2) is 4.34 Å². The van der Waals surface area contributed by atoms with E-state index in [0.29, 0.717) is 9.47 Å². The Labute approximate surface area is 106 Å². The van der Waals surface area contributed by atoms with Gasteiger partial charge in [0.05, 0.1) is 5.75 Å². The molecule has 2 rings (SSSR count). The van der Waals surface area contributed by atoms with E-state index in [2.05, 4.69) is 15.5 Å². The second-order valence-corrected chi connectivity index (χ2v) is 5.25. The van der Waals surface area contributed by atoms with E-state index in [1.807, 2.05) is 30.3 Å². The molecule has 7 heteroatoms. The number of thioether (sulfide) groups is 1. The Bertz CT molecular complexity index is 501. The summed E-state index contributed by atoms with van der Waals surface area (Å²) in [6.45, 7) is 0. The van der Waals surface area contributed by atoms with E-state index in [1.165, 1.54) is 23.1 Å². The highest BCUT2D eigenvalue weighted by atomic mass is 32.2. The zero-order valence-electron chi connectivity index (χ0n) is 8.66. The fourth-order valence-corrected chi connectivity index (χ4v) is 2.58. The minimum atomic E-state index is -0.859. The number of carboxylic acid groups (broad SMARTS) is 1. The van der Waals surface area contributed by atoms with Crippen molar-refractivity contribution in [1.82, 2.24) is 10.2 Å². The Balaban J connectivity index is 1.97. The summed E-state index contributed by atoms with van der Waals surface area (Å²) in [5.41, 5.74) is 0.929. The van der Waals surface area contributed by atoms with E-state index >= 15 is 0 Å². The molecule has 0 unspecified atom stereocenters. The van der Waals surface area contributed by atoms with Crippen LogP contribution in [0.1, 0.15) is 0 Å². The van der Waals surface area contributed by atoms with Gasteiger partial charge in [0.1, 0.15) is 0 Å². The van der Waals surface area contributed by atoms with Crippen LogP contribution in [0.3, 0.4) is 0 Å². The van der Waals surface area contributed by atoms with Gasteiger partial charge in [-0.25, -0.2) is 0 Å². The van der Waals surface area contributed by atoms with Crippen molar-refractivity contribution < 1.29 is 9.90 Å². The Morgan fingerprint density at radius 3 is 2.82 bits per heavy atom. The SMILES string of the molecule is O=C(O)CSc1nnc(Nc2ccccc2)s1. The Hall–Kier alpha value is -1.60. The normalized spacial score (nSPS) is 10.1. The molecule has 0 amide bonds. The third kappa shape index (κ3) is 3.72. The Kier molecular flexibility index (Phi) is 3.94. The molecule has 0 radical (unpaired) electrons. The van der Waals surface area contributed by atoms with Gasteiger partial charge < -0.3 is 10.4 Å². The minimum absolute atomic E-state index is 0.0000294. The Morgan fingerprint density at radius 2 is 2.12 bits per heavy atom. The lowest BCUT2D eigenvalue weighted by molar-refractivity contribution is -0.133. The molecule has 0 fully saturated rings. The molecule has 0 aliphatic heterocycles. The van der Waals surface area contributed by atoms with Gasteiger partial charge in [-0.2, -0.15) is 0 Å². The molecule has 2 N–H and O–H groups in total. The summed E-state index contributed by atoms with van der Waals surface area (Å²) in [6.07, 6.45) is 0. The summed E-state index contributed by atoms with van der Waals surface area (Å²) in [7, 11) is 0. The summed E-state index contributed by atoms with van der Waals surface area (Å²) >= 11 is 2.50. The van der Waals surface area contributed by atoms with Crippen LogP contribution < -0.4 is 5.32 Å². The molecule has 0 spiro atoms. The van der Waals surface area contributed by atoms with E-state index in [0.717, 1.165) is 5.69 Å². The van der Waals surface area contributed by atoms with Crippen molar-refractivity contribution in [3.8, 4) is 0 Å². The first-order valence-electron chi connectivity index (χ1n) is 4.74. The smallest absolute Gasteiger partial charge is 0.313 e. The van der Waals surface area contributed by atoms with E-state index in [-0.39, 0.29) is 5.75 Å². The fraction of sp³-hybridized carbons (Fsp3) is 0.100. The van der Waals surface area contributed by atoms with Gasteiger partial charge in [-0.3, -0.25) is 4.79 Å². The highest BCUT2D eigenvalue weighted by Crippen LogP contribution is 2.27. The number of hydrogen-bond donors (Lipinski definition) is 2. The summed E-state index contributed by atoms with van der Waals surface area (Å²) < 4.78 is 0.644. The maximum absolute atomic E-state index is 10.4. The quantitative estimate of drug-likeness (QED) is 0.810. The molecule has 1 aromatic carbocycles. The lowest BCUT2D eigenvalue weighted by Crippen LogP contribution is -1.96. The lowest BCUT2D eigenvalue weighted by atomic mass is 10.3. The summed E-state index contributed by atoms with van der Waals surface area (Å²) in [5, 5.41) is 20.1. The van der Waals surface area contributed by atoms with E-state index in [1.54, 1.807) is 0 Å². The second-order valence-electron chi connectivity index (χ2n) is 3.05. The molecule has 88 valence electrons. The molecular weight excluding hydrogens is 258 g/mol. The van der Waals surface area contributed by atoms with E-state index < -0.39 is 5.97 Å². The molecule has 5 nitrogen and oxygen atoms in total. The number of rotatable bonds is 5. The number of anilines is 2. The van der Waals surface area contributed by atoms with E-state index in [9.17, 15) is 4.79 Å². The average Bonchev–Trinajstić information content (AvgIpc) is 2.75. The highest BCUT2D eigenvalue weighted by molar-refractivity contribution is 8.01. The first kappa shape index (κ1) is 11.9. The third-order valence-electron chi connectivity index (χ3n) is 1.75. The molecule has 0 saturated carbocycles. The van der Waals surface area contributed by atoms with Gasteiger partial charge in [0.2, 0.25) is 5.13 Å². The van der Waals surface area contributed by atoms with Crippen LogP contribution in [0.15, 0.2) is 34.7 Å². The average molecular weight is 267 g/mol. The second kappa shape index (κ2) is 5.65. The standard InChI is InChI=1S/C10H9N3O2S2/c14-8(15)6-16-10-13-12-9(17-10)11-7-4-2-1-3-5-7/h1-5H,6H2,(H,11,12)(H,14,15). The van der Waals surface area contributed by atoms with Crippen molar-refractivity contribution in [2.45, 2.75) is 4.34 Å². The van der Waals surface area contributed by atoms with Crippen LogP contribution >= 0.6 is 23.1 Å². The number of nitrogens with one attached hydrogen (secondary N) is 1. The van der Waals surface area contributed by atoms with Gasteiger partial charge in [-0.1, -0.05) is 41.3 Å². The maximum atomic E-state index is 10.4. The lowest BCUT2D eigenvalue weighted by Gasteiger charge is -1.99. The Morgan fingerprint density at radius 1 is 1.35 bits per heavy atom. The van der Waals surface area contributed by atoms with Crippen LogP contribution in [0, 0.1) is 0 Å². The van der Waals surface area contributed by atoms with Gasteiger partial charge in [0.25, 0.3) is 0 Å². The van der Waals surface area contributed by atoms with Crippen molar-refractivity contribution in [1.29, 1.82) is 0 Å². The largest absolute Gasteiger partial charge is 0.481 e. The number of nitrogens with zero attached hydrogens (tertiary/aromatic N) is 2. The molecule has 1 heterocycles. The highest BCUT2D eigenvalue weighted by Gasteiger charge is 2.06. The van der Waals surface area contributed by atoms with Crippen molar-refractivity contribution in [2.75, 3.05) is 11.1 Å². The van der Waals surface area contributed by atoms with E-state index in [4.69, 9.17) is 5.11 Å². The number of hydrogen-bond acceptors (Lipinski definition) is 6. The molecule has 0 aliphatic carbocycles. The first-order chi connectivity index (χ1) is 8.24. The van der Waals surface area contributed by atoms with Crippen LogP contribution in [0.2, 0.25) is 0 Å². The third-order valence-corrected chi connectivity index (χ3v) is 3.71. The molecule has 1 aromatic heterocycles. The molecule has 0 saturated heterocycles. The molecule has 0 aliphatic rings. The number of carboxylic acids is 1. The van der Waals surface area contributed by atoms with Gasteiger partial charge in [-0.05, 0) is 12.1 Å². The molecular formula is C10H9N3O2S2. The van der Waals surface area contributed by atoms with Crippen LogP contribution in [-0.4, -0.2) is 27.0 Å². The zero-order valence-corrected chi connectivity index (χ0v) is 10.3. The number of aliphatic carboxylic acids is 1. The van der Waals surface area contributed by atoms with Crippen LogP contribution in [0.25, 0.3) is 0 Å². The molecule has 2 aromatic rings. The monoisotopic (exact) mass is 267 g/mol. The predicted molar refractivity (Wildman–Crippen MR) is 68.0 cm³/mol. The van der Waals surface area contributed by atoms with Crippen molar-refractivity contribution in [3.63, 3.8) is 0 Å². The zero-order chi connectivity index (χ0) is 12.1. The van der Waals surface area contributed by atoms with Gasteiger partial charge in [0, 0.05) is 5.69 Å². The summed E-state index contributed by atoms with van der Waals surface area (Å²) in [4.78, 5) is 10.4. The molecule has 0 bridgehead atoms. The topological polar surface area (TPSA) is 75.1 Å². The number of para-hydroxylation sites is 1.